The summed E-state index contributed by atoms with van der Waals surface area (Å²) in [5.74, 6) is 0. The van der Waals surface area contributed by atoms with Crippen molar-refractivity contribution in [2.75, 3.05) is 78.5 Å². The molecule has 0 radical (unpaired) electrons. The summed E-state index contributed by atoms with van der Waals surface area (Å²) in [6.07, 6.45) is 10.1. The molecule has 6 atom stereocenters. The molecule has 0 aromatic rings. The highest BCUT2D eigenvalue weighted by atomic mass is 16.2. The molecule has 20 nitrogen and oxygen atoms in total. The lowest BCUT2D eigenvalue weighted by Crippen LogP contribution is -2.58. The van der Waals surface area contributed by atoms with Crippen LogP contribution in [0.4, 0.5) is 28.8 Å². The first kappa shape index (κ1) is 42.7. The molecule has 316 valence electrons. The molecule has 6 rings (SSSR count). The van der Waals surface area contributed by atoms with E-state index in [-0.39, 0.29) is 72.4 Å². The number of nitrogens with one attached hydrogen (secondary N) is 12. The molecule has 3 aliphatic heterocycles. The van der Waals surface area contributed by atoms with Gasteiger partial charge in [0, 0.05) is 78.5 Å². The number of fused-ring (bicyclic) bond motifs is 24. The van der Waals surface area contributed by atoms with Crippen LogP contribution in [0.2, 0.25) is 0 Å². The Morgan fingerprint density at radius 1 is 0.286 bits per heavy atom. The minimum absolute atomic E-state index is 0.230. The van der Waals surface area contributed by atoms with E-state index in [2.05, 4.69) is 73.6 Å². The van der Waals surface area contributed by atoms with E-state index in [9.17, 15) is 28.8 Å². The van der Waals surface area contributed by atoms with Gasteiger partial charge >= 0.3 is 36.2 Å². The van der Waals surface area contributed by atoms with Crippen LogP contribution in [0.15, 0.2) is 0 Å². The van der Waals surface area contributed by atoms with Crippen molar-refractivity contribution in [2.45, 2.75) is 113 Å². The van der Waals surface area contributed by atoms with Crippen LogP contribution in [0.1, 0.15) is 77.0 Å². The lowest BCUT2D eigenvalue weighted by molar-refractivity contribution is 0.203. The maximum Gasteiger partial charge on any atom is 0.315 e. The fraction of sp³-hybridized carbons (Fsp3) is 0.833. The van der Waals surface area contributed by atoms with Gasteiger partial charge < -0.3 is 63.8 Å². The average molecular weight is 791 g/mol. The second-order valence-corrected chi connectivity index (χ2v) is 15.6. The highest BCUT2D eigenvalue weighted by molar-refractivity contribution is 5.77. The fourth-order valence-electron chi connectivity index (χ4n) is 8.38. The van der Waals surface area contributed by atoms with Crippen LogP contribution < -0.4 is 63.8 Å². The monoisotopic (exact) mass is 791 g/mol. The number of nitrogens with zero attached hydrogens (tertiary/aromatic N) is 2. The normalized spacial score (nSPS) is 33.2. The van der Waals surface area contributed by atoms with Gasteiger partial charge in [-0.15, -0.1) is 0 Å². The van der Waals surface area contributed by atoms with Crippen molar-refractivity contribution in [3.8, 4) is 0 Å². The number of carbonyl (C=O) groups excluding carboxylic acids is 6. The Hall–Kier alpha value is -4.46. The van der Waals surface area contributed by atoms with Gasteiger partial charge in [0.25, 0.3) is 0 Å². The lowest BCUT2D eigenvalue weighted by atomic mass is 9.90. The third-order valence-electron chi connectivity index (χ3n) is 11.5. The Balaban J connectivity index is 1.33. The molecule has 3 aliphatic carbocycles. The first-order valence-electron chi connectivity index (χ1n) is 20.9. The van der Waals surface area contributed by atoms with Crippen LogP contribution in [0, 0.1) is 0 Å². The Morgan fingerprint density at radius 2 is 0.446 bits per heavy atom. The van der Waals surface area contributed by atoms with Crippen molar-refractivity contribution in [2.24, 2.45) is 0 Å². The smallest absolute Gasteiger partial charge is 0.315 e. The fourth-order valence-corrected chi connectivity index (χ4v) is 8.38. The van der Waals surface area contributed by atoms with Crippen LogP contribution in [-0.4, -0.2) is 161 Å². The Bertz CT molecular complexity index is 1060. The van der Waals surface area contributed by atoms with Gasteiger partial charge in [0.1, 0.15) is 0 Å². The van der Waals surface area contributed by atoms with Crippen LogP contribution in [-0.2, 0) is 0 Å². The molecule has 12 amide bonds. The van der Waals surface area contributed by atoms with Crippen molar-refractivity contribution in [1.82, 2.24) is 73.6 Å². The van der Waals surface area contributed by atoms with E-state index in [1.165, 1.54) is 0 Å². The third kappa shape index (κ3) is 14.9. The summed E-state index contributed by atoms with van der Waals surface area (Å²) in [7, 11) is 0. The van der Waals surface area contributed by atoms with Crippen LogP contribution in [0.3, 0.4) is 0 Å². The molecule has 6 fully saturated rings. The number of hydrogen-bond acceptors (Lipinski definition) is 8. The quantitative estimate of drug-likeness (QED) is 0.150. The van der Waals surface area contributed by atoms with Crippen LogP contribution >= 0.6 is 0 Å². The molecule has 20 heteroatoms. The minimum atomic E-state index is -0.317. The zero-order chi connectivity index (χ0) is 39.5. The predicted molar refractivity (Wildman–Crippen MR) is 210 cm³/mol. The number of hydrogen-bond donors (Lipinski definition) is 12. The summed E-state index contributed by atoms with van der Waals surface area (Å²) in [6, 6.07) is -3.28. The van der Waals surface area contributed by atoms with E-state index in [4.69, 9.17) is 0 Å². The Kier molecular flexibility index (Phi) is 17.5. The number of amides is 12. The predicted octanol–water partition coefficient (Wildman–Crippen LogP) is -0.654. The molecule has 3 saturated carbocycles. The third-order valence-corrected chi connectivity index (χ3v) is 11.5. The summed E-state index contributed by atoms with van der Waals surface area (Å²) in [5, 5.41) is 36.0. The van der Waals surface area contributed by atoms with E-state index in [0.717, 1.165) is 77.0 Å². The summed E-state index contributed by atoms with van der Waals surface area (Å²) in [5.41, 5.74) is 0. The Morgan fingerprint density at radius 3 is 0.607 bits per heavy atom. The van der Waals surface area contributed by atoms with E-state index in [1.807, 2.05) is 0 Å². The van der Waals surface area contributed by atoms with Crippen molar-refractivity contribution >= 4 is 36.2 Å². The number of rotatable bonds is 0. The maximum atomic E-state index is 13.1. The second kappa shape index (κ2) is 22.9. The summed E-state index contributed by atoms with van der Waals surface area (Å²) >= 11 is 0. The van der Waals surface area contributed by atoms with E-state index in [1.54, 1.807) is 0 Å². The van der Waals surface area contributed by atoms with Gasteiger partial charge in [-0.2, -0.15) is 0 Å². The van der Waals surface area contributed by atoms with Gasteiger partial charge in [0.2, 0.25) is 0 Å². The highest BCUT2D eigenvalue weighted by Crippen LogP contribution is 2.20. The minimum Gasteiger partial charge on any atom is -0.337 e. The molecule has 0 spiro atoms. The standard InChI is InChI=1S/C36H66N14O6/c51-31-37-13-19-49-21-15-39-33(53)45-27-9-3-5-11-29(27)47-35(55)41-17-23-50(20-14-38-32(52)44-26-8-2-1-7-25(26)43-31)24-18-42-36(56)48-30-12-6-4-10-28(30)46-34(54)40-16-22-49/h25-30H,1-24H2,(H2,37,43,51)(H2,38,44,52)(H2,39,45,53)(H2,40,46,54)(H2,41,47,55)(H2,42,48,56)/t25-,26+,27-,28+,29+,30-. The largest absolute Gasteiger partial charge is 0.337 e. The zero-order valence-electron chi connectivity index (χ0n) is 32.8. The Labute approximate surface area is 330 Å². The summed E-state index contributed by atoms with van der Waals surface area (Å²) in [6.45, 7) is 4.67. The van der Waals surface area contributed by atoms with Gasteiger partial charge in [-0.05, 0) is 38.5 Å². The van der Waals surface area contributed by atoms with Gasteiger partial charge in [-0.3, -0.25) is 9.80 Å². The average Bonchev–Trinajstić information content (AvgIpc) is 3.16. The molecule has 56 heavy (non-hydrogen) atoms. The van der Waals surface area contributed by atoms with Gasteiger partial charge in [-0.1, -0.05) is 38.5 Å². The van der Waals surface area contributed by atoms with Crippen molar-refractivity contribution < 1.29 is 28.8 Å². The van der Waals surface area contributed by atoms with Gasteiger partial charge in [0.15, 0.2) is 0 Å². The number of urea groups is 6. The molecule has 12 N–H and O–H groups in total. The SMILES string of the molecule is O=C1NCCN2CCNC(=O)N[C@@H]3CCCC[C@@H]3NC(=O)NCCN(CCNC(=O)N[C@H]3CCCC[C@H]3NC(=O)NCC2)CCNC(=O)N[C@@H]2CCCC[C@@H]2N1. The molecule has 0 aromatic heterocycles. The van der Waals surface area contributed by atoms with Crippen LogP contribution in [0.5, 0.6) is 0 Å². The van der Waals surface area contributed by atoms with E-state index in [0.29, 0.717) is 78.5 Å². The molecule has 2 bridgehead atoms. The van der Waals surface area contributed by atoms with E-state index < -0.39 is 0 Å². The second-order valence-electron chi connectivity index (χ2n) is 15.6. The first-order chi connectivity index (χ1) is 27.2. The summed E-state index contributed by atoms with van der Waals surface area (Å²) < 4.78 is 0. The topological polar surface area (TPSA) is 253 Å². The molecular formula is C36H66N14O6. The molecule has 3 saturated heterocycles. The van der Waals surface area contributed by atoms with Crippen LogP contribution in [0.25, 0.3) is 0 Å². The van der Waals surface area contributed by atoms with Gasteiger partial charge in [0.05, 0.1) is 36.3 Å². The molecule has 3 heterocycles. The number of carbonyl (C=O) groups is 6. The molecule has 6 aliphatic rings. The van der Waals surface area contributed by atoms with Gasteiger partial charge in [-0.25, -0.2) is 28.8 Å². The first-order valence-corrected chi connectivity index (χ1v) is 20.9. The van der Waals surface area contributed by atoms with Crippen molar-refractivity contribution in [3.05, 3.63) is 0 Å². The zero-order valence-corrected chi connectivity index (χ0v) is 32.8. The molecule has 0 aromatic carbocycles. The van der Waals surface area contributed by atoms with Crippen molar-refractivity contribution in [1.29, 1.82) is 0 Å². The maximum absolute atomic E-state index is 13.1. The molecular weight excluding hydrogens is 724 g/mol. The summed E-state index contributed by atoms with van der Waals surface area (Å²) in [4.78, 5) is 82.5. The van der Waals surface area contributed by atoms with E-state index >= 15 is 0 Å². The lowest BCUT2D eigenvalue weighted by Gasteiger charge is -2.33. The van der Waals surface area contributed by atoms with Crippen molar-refractivity contribution in [3.63, 3.8) is 0 Å². The molecule has 0 unspecified atom stereocenters. The highest BCUT2D eigenvalue weighted by Gasteiger charge is 2.30.